The average molecular weight is 241 g/mol. The number of carbonyl (C=O) groups is 1. The smallest absolute Gasteiger partial charge is 0.241 e. The molecule has 17 heavy (non-hydrogen) atoms. The van der Waals surface area contributed by atoms with E-state index < -0.39 is 0 Å². The van der Waals surface area contributed by atoms with Crippen molar-refractivity contribution in [3.8, 4) is 0 Å². The topological polar surface area (TPSA) is 49.6 Å². The fraction of sp³-hybridized carbons (Fsp3) is 0.923. The Morgan fingerprint density at radius 3 is 2.29 bits per heavy atom. The molecule has 1 aliphatic heterocycles. The third-order valence-electron chi connectivity index (χ3n) is 3.39. The van der Waals surface area contributed by atoms with Crippen LogP contribution in [-0.4, -0.2) is 54.0 Å². The molecule has 1 amide bonds. The summed E-state index contributed by atoms with van der Waals surface area (Å²) in [5.74, 6) is 0.146. The first kappa shape index (κ1) is 14.5. The van der Waals surface area contributed by atoms with Gasteiger partial charge in [0, 0.05) is 32.2 Å². The SMILES string of the molecule is CN1CC(C)(C)CN(C(C)(C)C)C(CN)C1=O. The summed E-state index contributed by atoms with van der Waals surface area (Å²) in [4.78, 5) is 16.4. The van der Waals surface area contributed by atoms with Gasteiger partial charge in [0.25, 0.3) is 0 Å². The Hall–Kier alpha value is -0.610. The minimum Gasteiger partial charge on any atom is -0.344 e. The van der Waals surface area contributed by atoms with E-state index in [-0.39, 0.29) is 22.9 Å². The summed E-state index contributed by atoms with van der Waals surface area (Å²) in [6.07, 6.45) is 0. The van der Waals surface area contributed by atoms with Gasteiger partial charge in [0.15, 0.2) is 0 Å². The van der Waals surface area contributed by atoms with E-state index in [2.05, 4.69) is 39.5 Å². The molecular formula is C13H27N3O. The summed E-state index contributed by atoms with van der Waals surface area (Å²) in [6.45, 7) is 12.9. The number of carbonyl (C=O) groups excluding carboxylic acids is 1. The summed E-state index contributed by atoms with van der Waals surface area (Å²) in [7, 11) is 1.87. The molecule has 0 saturated carbocycles. The van der Waals surface area contributed by atoms with E-state index in [1.807, 2.05) is 11.9 Å². The fourth-order valence-corrected chi connectivity index (χ4v) is 2.66. The van der Waals surface area contributed by atoms with E-state index in [1.54, 1.807) is 0 Å². The van der Waals surface area contributed by atoms with Gasteiger partial charge in [0.1, 0.15) is 6.04 Å². The minimum atomic E-state index is -0.193. The lowest BCUT2D eigenvalue weighted by atomic mass is 9.90. The Morgan fingerprint density at radius 2 is 1.88 bits per heavy atom. The molecule has 0 aromatic carbocycles. The van der Waals surface area contributed by atoms with Crippen LogP contribution in [0.3, 0.4) is 0 Å². The number of hydrogen-bond donors (Lipinski definition) is 1. The Morgan fingerprint density at radius 1 is 1.35 bits per heavy atom. The first-order chi connectivity index (χ1) is 7.58. The predicted octanol–water partition coefficient (Wildman–Crippen LogP) is 0.912. The van der Waals surface area contributed by atoms with Gasteiger partial charge < -0.3 is 10.6 Å². The lowest BCUT2D eigenvalue weighted by molar-refractivity contribution is -0.135. The quantitative estimate of drug-likeness (QED) is 0.742. The summed E-state index contributed by atoms with van der Waals surface area (Å²) >= 11 is 0. The molecule has 0 spiro atoms. The molecule has 1 fully saturated rings. The summed E-state index contributed by atoms with van der Waals surface area (Å²) in [5.41, 5.74) is 5.87. The fourth-order valence-electron chi connectivity index (χ4n) is 2.66. The van der Waals surface area contributed by atoms with Crippen molar-refractivity contribution < 1.29 is 4.79 Å². The van der Waals surface area contributed by atoms with Gasteiger partial charge in [-0.15, -0.1) is 0 Å². The maximum absolute atomic E-state index is 12.3. The van der Waals surface area contributed by atoms with Crippen LogP contribution in [0.25, 0.3) is 0 Å². The van der Waals surface area contributed by atoms with Gasteiger partial charge in [-0.3, -0.25) is 9.69 Å². The van der Waals surface area contributed by atoms with Crippen LogP contribution in [0.15, 0.2) is 0 Å². The Balaban J connectivity index is 3.11. The number of nitrogens with two attached hydrogens (primary N) is 1. The lowest BCUT2D eigenvalue weighted by Crippen LogP contribution is -2.56. The minimum absolute atomic E-state index is 0.0395. The Kier molecular flexibility index (Phi) is 3.89. The maximum atomic E-state index is 12.3. The van der Waals surface area contributed by atoms with E-state index in [0.717, 1.165) is 13.1 Å². The highest BCUT2D eigenvalue weighted by molar-refractivity contribution is 5.82. The van der Waals surface area contributed by atoms with Gasteiger partial charge in [-0.25, -0.2) is 0 Å². The van der Waals surface area contributed by atoms with Crippen molar-refractivity contribution in [2.24, 2.45) is 11.1 Å². The second-order valence-corrected chi connectivity index (χ2v) is 6.91. The van der Waals surface area contributed by atoms with Crippen molar-refractivity contribution in [3.63, 3.8) is 0 Å². The number of amides is 1. The van der Waals surface area contributed by atoms with E-state index in [0.29, 0.717) is 6.54 Å². The highest BCUT2D eigenvalue weighted by Gasteiger charge is 2.41. The van der Waals surface area contributed by atoms with Gasteiger partial charge in [-0.2, -0.15) is 0 Å². The second kappa shape index (κ2) is 4.58. The average Bonchev–Trinajstić information content (AvgIpc) is 2.22. The molecule has 1 heterocycles. The number of likely N-dealkylation sites (N-methyl/N-ethyl adjacent to an activating group) is 1. The van der Waals surface area contributed by atoms with Crippen LogP contribution in [0, 0.1) is 5.41 Å². The molecule has 4 heteroatoms. The van der Waals surface area contributed by atoms with Crippen molar-refractivity contribution in [2.45, 2.75) is 46.2 Å². The molecule has 0 aromatic rings. The zero-order valence-corrected chi connectivity index (χ0v) is 12.1. The molecule has 0 aromatic heterocycles. The van der Waals surface area contributed by atoms with Crippen LogP contribution < -0.4 is 5.73 Å². The zero-order chi connectivity index (χ0) is 13.4. The van der Waals surface area contributed by atoms with Gasteiger partial charge in [-0.1, -0.05) is 13.8 Å². The van der Waals surface area contributed by atoms with E-state index >= 15 is 0 Å². The van der Waals surface area contributed by atoms with Gasteiger partial charge in [0.05, 0.1) is 0 Å². The van der Waals surface area contributed by atoms with Crippen LogP contribution >= 0.6 is 0 Å². The number of rotatable bonds is 1. The van der Waals surface area contributed by atoms with Crippen molar-refractivity contribution in [2.75, 3.05) is 26.7 Å². The van der Waals surface area contributed by atoms with Gasteiger partial charge in [-0.05, 0) is 26.2 Å². The zero-order valence-electron chi connectivity index (χ0n) is 12.1. The third kappa shape index (κ3) is 3.19. The first-order valence-electron chi connectivity index (χ1n) is 6.30. The normalized spacial score (nSPS) is 27.1. The van der Waals surface area contributed by atoms with E-state index in [4.69, 9.17) is 5.73 Å². The molecule has 1 unspecified atom stereocenters. The largest absolute Gasteiger partial charge is 0.344 e. The molecule has 0 radical (unpaired) electrons. The third-order valence-corrected chi connectivity index (χ3v) is 3.39. The van der Waals surface area contributed by atoms with Crippen LogP contribution in [0.1, 0.15) is 34.6 Å². The maximum Gasteiger partial charge on any atom is 0.241 e. The van der Waals surface area contributed by atoms with Crippen LogP contribution in [0.4, 0.5) is 0 Å². The van der Waals surface area contributed by atoms with Crippen LogP contribution in [0.2, 0.25) is 0 Å². The molecule has 1 aliphatic rings. The van der Waals surface area contributed by atoms with Crippen molar-refractivity contribution in [1.29, 1.82) is 0 Å². The molecule has 0 bridgehead atoms. The highest BCUT2D eigenvalue weighted by atomic mass is 16.2. The summed E-state index contributed by atoms with van der Waals surface area (Å²) in [5, 5.41) is 0. The van der Waals surface area contributed by atoms with Crippen LogP contribution in [-0.2, 0) is 4.79 Å². The molecule has 1 atom stereocenters. The molecule has 0 aliphatic carbocycles. The number of nitrogens with zero attached hydrogens (tertiary/aromatic N) is 2. The molecule has 1 rings (SSSR count). The van der Waals surface area contributed by atoms with Crippen molar-refractivity contribution >= 4 is 5.91 Å². The molecule has 1 saturated heterocycles. The molecule has 4 nitrogen and oxygen atoms in total. The highest BCUT2D eigenvalue weighted by Crippen LogP contribution is 2.29. The van der Waals surface area contributed by atoms with E-state index in [1.165, 1.54) is 0 Å². The van der Waals surface area contributed by atoms with Crippen LogP contribution in [0.5, 0.6) is 0 Å². The predicted molar refractivity (Wildman–Crippen MR) is 70.7 cm³/mol. The monoisotopic (exact) mass is 241 g/mol. The summed E-state index contributed by atoms with van der Waals surface area (Å²) in [6, 6.07) is -0.193. The van der Waals surface area contributed by atoms with Crippen molar-refractivity contribution in [1.82, 2.24) is 9.80 Å². The Labute approximate surface area is 105 Å². The first-order valence-corrected chi connectivity index (χ1v) is 6.30. The second-order valence-electron chi connectivity index (χ2n) is 6.91. The van der Waals surface area contributed by atoms with Gasteiger partial charge >= 0.3 is 0 Å². The molecule has 2 N–H and O–H groups in total. The summed E-state index contributed by atoms with van der Waals surface area (Å²) < 4.78 is 0. The lowest BCUT2D eigenvalue weighted by Gasteiger charge is -2.42. The Bertz CT molecular complexity index is 294. The van der Waals surface area contributed by atoms with Gasteiger partial charge in [0.2, 0.25) is 5.91 Å². The number of hydrogen-bond acceptors (Lipinski definition) is 3. The van der Waals surface area contributed by atoms with E-state index in [9.17, 15) is 4.79 Å². The molecular weight excluding hydrogens is 214 g/mol. The van der Waals surface area contributed by atoms with Crippen molar-refractivity contribution in [3.05, 3.63) is 0 Å². The standard InChI is InChI=1S/C13H27N3O/c1-12(2,3)16-9-13(4,5)8-15(6)11(17)10(16)7-14/h10H,7-9,14H2,1-6H3. The molecule has 100 valence electrons.